The van der Waals surface area contributed by atoms with E-state index >= 15 is 0 Å². The van der Waals surface area contributed by atoms with E-state index in [2.05, 4.69) is 34.6 Å². The maximum Gasteiger partial charge on any atom is 0.472 e. The van der Waals surface area contributed by atoms with Crippen molar-refractivity contribution >= 4 is 39.5 Å². The molecule has 0 aromatic heterocycles. The van der Waals surface area contributed by atoms with Crippen molar-refractivity contribution in [2.24, 2.45) is 5.92 Å². The lowest BCUT2D eigenvalue weighted by Crippen LogP contribution is -2.30. The van der Waals surface area contributed by atoms with Gasteiger partial charge in [-0.2, -0.15) is 0 Å². The van der Waals surface area contributed by atoms with Crippen LogP contribution >= 0.6 is 15.6 Å². The number of aliphatic hydroxyl groups excluding tert-OH is 1. The monoisotopic (exact) mass is 1400 g/mol. The van der Waals surface area contributed by atoms with Gasteiger partial charge in [0.1, 0.15) is 19.3 Å². The number of hydrogen-bond acceptors (Lipinski definition) is 15. The Morgan fingerprint density at radius 1 is 0.284 bits per heavy atom. The minimum absolute atomic E-state index is 0.107. The van der Waals surface area contributed by atoms with E-state index in [9.17, 15) is 43.2 Å². The molecule has 0 radical (unpaired) electrons. The van der Waals surface area contributed by atoms with E-state index < -0.39 is 97.5 Å². The van der Waals surface area contributed by atoms with Crippen molar-refractivity contribution in [2.75, 3.05) is 39.6 Å². The van der Waals surface area contributed by atoms with Gasteiger partial charge in [0.2, 0.25) is 0 Å². The van der Waals surface area contributed by atoms with E-state index in [1.165, 1.54) is 218 Å². The van der Waals surface area contributed by atoms with Crippen LogP contribution in [-0.4, -0.2) is 96.7 Å². The fraction of sp³-hybridized carbons (Fsp3) is 0.947. The second-order valence-corrected chi connectivity index (χ2v) is 30.8. The van der Waals surface area contributed by atoms with Crippen LogP contribution in [0.25, 0.3) is 0 Å². The zero-order chi connectivity index (χ0) is 69.8. The average Bonchev–Trinajstić information content (AvgIpc) is 3.18. The lowest BCUT2D eigenvalue weighted by molar-refractivity contribution is -0.161. The Hall–Kier alpha value is -1.94. The van der Waals surface area contributed by atoms with Gasteiger partial charge in [-0.3, -0.25) is 37.3 Å². The van der Waals surface area contributed by atoms with Gasteiger partial charge < -0.3 is 33.8 Å². The first kappa shape index (κ1) is 93.1. The van der Waals surface area contributed by atoms with Crippen LogP contribution in [0, 0.1) is 5.92 Å². The molecule has 95 heavy (non-hydrogen) atoms. The van der Waals surface area contributed by atoms with Crippen molar-refractivity contribution in [3.05, 3.63) is 0 Å². The van der Waals surface area contributed by atoms with E-state index in [4.69, 9.17) is 37.0 Å². The van der Waals surface area contributed by atoms with Gasteiger partial charge in [0, 0.05) is 25.7 Å². The number of ether oxygens (including phenoxy) is 4. The number of phosphoric acid groups is 2. The van der Waals surface area contributed by atoms with Gasteiger partial charge in [-0.1, -0.05) is 349 Å². The third-order valence-electron chi connectivity index (χ3n) is 17.8. The van der Waals surface area contributed by atoms with Crippen LogP contribution in [0.3, 0.4) is 0 Å². The van der Waals surface area contributed by atoms with Gasteiger partial charge in [0.15, 0.2) is 12.2 Å². The Morgan fingerprint density at radius 2 is 0.484 bits per heavy atom. The molecule has 19 heteroatoms. The molecule has 0 aliphatic rings. The number of carbonyl (C=O) groups is 4. The molecule has 0 aliphatic carbocycles. The summed E-state index contributed by atoms with van der Waals surface area (Å²) in [4.78, 5) is 72.6. The number of rotatable bonds is 76. The summed E-state index contributed by atoms with van der Waals surface area (Å²) in [6, 6.07) is 0. The highest BCUT2D eigenvalue weighted by molar-refractivity contribution is 7.47. The molecule has 0 aliphatic heterocycles. The van der Waals surface area contributed by atoms with Crippen LogP contribution in [0.15, 0.2) is 0 Å². The molecule has 0 amide bonds. The Labute approximate surface area is 581 Å². The van der Waals surface area contributed by atoms with Gasteiger partial charge in [-0.15, -0.1) is 0 Å². The highest BCUT2D eigenvalue weighted by Gasteiger charge is 2.30. The van der Waals surface area contributed by atoms with Gasteiger partial charge >= 0.3 is 39.5 Å². The quantitative estimate of drug-likeness (QED) is 0.0222. The number of esters is 4. The minimum atomic E-state index is -4.95. The lowest BCUT2D eigenvalue weighted by atomic mass is 10.0. The highest BCUT2D eigenvalue weighted by atomic mass is 31.2. The molecule has 564 valence electrons. The molecule has 0 aromatic rings. The lowest BCUT2D eigenvalue weighted by Gasteiger charge is -2.21. The molecular formula is C76H148O17P2. The Kier molecular flexibility index (Phi) is 67.7. The predicted molar refractivity (Wildman–Crippen MR) is 386 cm³/mol. The van der Waals surface area contributed by atoms with Crippen LogP contribution in [0.4, 0.5) is 0 Å². The summed E-state index contributed by atoms with van der Waals surface area (Å²) >= 11 is 0. The maximum atomic E-state index is 13.1. The second kappa shape index (κ2) is 69.2. The smallest absolute Gasteiger partial charge is 0.462 e. The first-order chi connectivity index (χ1) is 46.0. The van der Waals surface area contributed by atoms with E-state index in [0.29, 0.717) is 25.7 Å². The third-order valence-corrected chi connectivity index (χ3v) is 19.7. The SMILES string of the molecule is CCCCCCCCCCCCCCCCCCCC(=O)OC[C@H](COP(=O)(O)OC[C@@H](O)COP(=O)(O)OC[C@@H](COC(=O)CCCCCCC)OC(=O)CCCCCCCCCCCCCCCC(C)C)OC(=O)CCCCCCCCCCCCCCCCCCC. The largest absolute Gasteiger partial charge is 0.472 e. The van der Waals surface area contributed by atoms with Crippen LogP contribution in [0.5, 0.6) is 0 Å². The Morgan fingerprint density at radius 3 is 0.716 bits per heavy atom. The molecule has 0 heterocycles. The first-order valence-corrected chi connectivity index (χ1v) is 42.6. The van der Waals surface area contributed by atoms with E-state index in [1.54, 1.807) is 0 Å². The van der Waals surface area contributed by atoms with Crippen molar-refractivity contribution in [2.45, 2.75) is 419 Å². The fourth-order valence-electron chi connectivity index (χ4n) is 11.7. The molecule has 0 saturated heterocycles. The standard InChI is InChI=1S/C76H148O17P2/c1-6-9-12-15-17-19-21-23-25-27-29-33-37-41-45-50-55-60-74(79)87-66-72(93-76(81)62-56-51-46-42-38-34-30-28-26-24-22-20-18-16-13-10-7-2)68-91-95(84,85)89-64-70(77)63-88-94(82,83)90-67-71(65-86-73(78)59-54-48-14-11-8-3)92-75(80)61-57-52-47-43-39-35-31-32-36-40-44-49-53-58-69(4)5/h69-72,77H,6-68H2,1-5H3,(H,82,83)(H,84,85)/t70-,71+,72+/m0/s1. The number of hydrogen-bond donors (Lipinski definition) is 3. The van der Waals surface area contributed by atoms with Crippen molar-refractivity contribution < 1.29 is 80.2 Å². The number of unbranched alkanes of at least 4 members (excludes halogenated alkanes) is 48. The molecule has 0 rings (SSSR count). The van der Waals surface area contributed by atoms with Crippen molar-refractivity contribution in [3.8, 4) is 0 Å². The fourth-order valence-corrected chi connectivity index (χ4v) is 13.3. The van der Waals surface area contributed by atoms with Crippen molar-refractivity contribution in [1.29, 1.82) is 0 Å². The Balaban J connectivity index is 5.13. The average molecular weight is 1400 g/mol. The summed E-state index contributed by atoms with van der Waals surface area (Å²) < 4.78 is 68.3. The van der Waals surface area contributed by atoms with Gasteiger partial charge in [-0.25, -0.2) is 9.13 Å². The number of carbonyl (C=O) groups excluding carboxylic acids is 4. The van der Waals surface area contributed by atoms with Gasteiger partial charge in [-0.05, 0) is 31.6 Å². The van der Waals surface area contributed by atoms with Crippen LogP contribution in [0.2, 0.25) is 0 Å². The molecule has 0 bridgehead atoms. The zero-order valence-corrected chi connectivity index (χ0v) is 63.6. The van der Waals surface area contributed by atoms with Gasteiger partial charge in [0.25, 0.3) is 0 Å². The zero-order valence-electron chi connectivity index (χ0n) is 61.8. The maximum absolute atomic E-state index is 13.1. The molecule has 17 nitrogen and oxygen atoms in total. The topological polar surface area (TPSA) is 237 Å². The summed E-state index contributed by atoms with van der Waals surface area (Å²) in [5, 5.41) is 10.6. The molecule has 0 saturated carbocycles. The van der Waals surface area contributed by atoms with Gasteiger partial charge in [0.05, 0.1) is 26.4 Å². The minimum Gasteiger partial charge on any atom is -0.462 e. The summed E-state index contributed by atoms with van der Waals surface area (Å²) in [7, 11) is -9.90. The number of aliphatic hydroxyl groups is 1. The van der Waals surface area contributed by atoms with Crippen molar-refractivity contribution in [1.82, 2.24) is 0 Å². The normalized spacial score (nSPS) is 13.9. The highest BCUT2D eigenvalue weighted by Crippen LogP contribution is 2.45. The van der Waals surface area contributed by atoms with Crippen LogP contribution in [0.1, 0.15) is 401 Å². The van der Waals surface area contributed by atoms with E-state index in [1.807, 2.05) is 0 Å². The van der Waals surface area contributed by atoms with Crippen molar-refractivity contribution in [3.63, 3.8) is 0 Å². The van der Waals surface area contributed by atoms with Crippen LogP contribution < -0.4 is 0 Å². The van der Waals surface area contributed by atoms with E-state index in [-0.39, 0.29) is 25.7 Å². The molecule has 0 spiro atoms. The Bertz CT molecular complexity index is 1820. The number of phosphoric ester groups is 2. The second-order valence-electron chi connectivity index (χ2n) is 27.9. The molecule has 3 N–H and O–H groups in total. The summed E-state index contributed by atoms with van der Waals surface area (Å²) in [5.74, 6) is -1.34. The molecule has 5 atom stereocenters. The predicted octanol–water partition coefficient (Wildman–Crippen LogP) is 22.5. The third kappa shape index (κ3) is 70.3. The van der Waals surface area contributed by atoms with Crippen LogP contribution in [-0.2, 0) is 65.4 Å². The summed E-state index contributed by atoms with van der Waals surface area (Å²) in [6.07, 6.45) is 58.6. The van der Waals surface area contributed by atoms with E-state index in [0.717, 1.165) is 102 Å². The molecule has 2 unspecified atom stereocenters. The molecular weight excluding hydrogens is 1250 g/mol. The molecule has 0 fully saturated rings. The molecule has 0 aromatic carbocycles. The summed E-state index contributed by atoms with van der Waals surface area (Å²) in [5.41, 5.74) is 0. The first-order valence-electron chi connectivity index (χ1n) is 39.6. The summed E-state index contributed by atoms with van der Waals surface area (Å²) in [6.45, 7) is 7.23.